The molecule has 34 heavy (non-hydrogen) atoms. The van der Waals surface area contributed by atoms with Crippen LogP contribution in [0.4, 0.5) is 0 Å². The molecular formula is C26H41NO7. The number of piperidine rings is 1. The zero-order valence-corrected chi connectivity index (χ0v) is 21.2. The summed E-state index contributed by atoms with van der Waals surface area (Å²) in [7, 11) is 7.32. The Bertz CT molecular complexity index is 859. The molecule has 0 aromatic rings. The fourth-order valence-corrected chi connectivity index (χ4v) is 11.7. The van der Waals surface area contributed by atoms with E-state index < -0.39 is 17.3 Å². The fourth-order valence-electron chi connectivity index (χ4n) is 11.7. The summed E-state index contributed by atoms with van der Waals surface area (Å²) in [6.07, 6.45) is 3.20. The largest absolute Gasteiger partial charge is 0.390 e. The minimum absolute atomic E-state index is 0.0240. The monoisotopic (exact) mass is 479 g/mol. The van der Waals surface area contributed by atoms with Gasteiger partial charge in [-0.3, -0.25) is 4.90 Å². The molecule has 192 valence electrons. The van der Waals surface area contributed by atoms with Gasteiger partial charge in [0.15, 0.2) is 0 Å². The van der Waals surface area contributed by atoms with Crippen molar-refractivity contribution in [3.63, 3.8) is 0 Å². The van der Waals surface area contributed by atoms with Gasteiger partial charge in [0.2, 0.25) is 0 Å². The Morgan fingerprint density at radius 2 is 1.91 bits per heavy atom. The van der Waals surface area contributed by atoms with Crippen LogP contribution in [0.5, 0.6) is 0 Å². The first-order valence-corrected chi connectivity index (χ1v) is 13.2. The van der Waals surface area contributed by atoms with Crippen molar-refractivity contribution in [1.82, 2.24) is 4.90 Å². The standard InChI is InChI=1S/C26H41NO7/c1-6-27-11-23(12-29-2)8-7-17(31-4)25-15-9-14-16(30-3)10-24(18(15)19(14)32-5)26(22(25)27,34-13-33-24)21(28)20(23)25/h14-22,28H,6-13H2,1-5H3/t14-,15?,16?,17+,18?,19+,20-,21+,22+,23+,24-,25+,26+/m1/s1. The smallest absolute Gasteiger partial charge is 0.148 e. The number of aliphatic hydroxyl groups is 1. The van der Waals surface area contributed by atoms with Gasteiger partial charge in [-0.1, -0.05) is 6.92 Å². The average molecular weight is 480 g/mol. The molecule has 2 heterocycles. The van der Waals surface area contributed by atoms with E-state index in [0.717, 1.165) is 38.8 Å². The summed E-state index contributed by atoms with van der Waals surface area (Å²) in [5.41, 5.74) is -1.83. The van der Waals surface area contributed by atoms with E-state index in [4.69, 9.17) is 28.4 Å². The molecule has 0 aromatic heterocycles. The molecule has 8 nitrogen and oxygen atoms in total. The van der Waals surface area contributed by atoms with Crippen LogP contribution in [-0.2, 0) is 28.4 Å². The van der Waals surface area contributed by atoms with Crippen molar-refractivity contribution in [1.29, 1.82) is 0 Å². The predicted molar refractivity (Wildman–Crippen MR) is 121 cm³/mol. The first-order valence-electron chi connectivity index (χ1n) is 13.2. The molecule has 7 rings (SSSR count). The maximum Gasteiger partial charge on any atom is 0.148 e. The molecule has 7 aliphatic rings. The molecule has 7 bridgehead atoms. The highest BCUT2D eigenvalue weighted by Gasteiger charge is 2.93. The molecule has 2 saturated heterocycles. The van der Waals surface area contributed by atoms with E-state index in [1.54, 1.807) is 7.11 Å². The molecule has 0 radical (unpaired) electrons. The third-order valence-corrected chi connectivity index (χ3v) is 12.0. The number of likely N-dealkylation sites (tertiary alicyclic amines) is 1. The maximum atomic E-state index is 12.6. The van der Waals surface area contributed by atoms with Gasteiger partial charge < -0.3 is 33.5 Å². The second-order valence-electron chi connectivity index (χ2n) is 12.2. The summed E-state index contributed by atoms with van der Waals surface area (Å²) in [5, 5.41) is 12.6. The van der Waals surface area contributed by atoms with E-state index in [2.05, 4.69) is 11.8 Å². The lowest BCUT2D eigenvalue weighted by atomic mass is 9.42. The number of aliphatic hydroxyl groups excluding tert-OH is 1. The second-order valence-corrected chi connectivity index (χ2v) is 12.2. The third kappa shape index (κ3) is 2.05. The number of fused-ring (bicyclic) bond motifs is 1. The molecule has 3 spiro atoms. The summed E-state index contributed by atoms with van der Waals surface area (Å²) in [4.78, 5) is 2.61. The maximum absolute atomic E-state index is 12.6. The van der Waals surface area contributed by atoms with Crippen molar-refractivity contribution in [3.05, 3.63) is 0 Å². The summed E-state index contributed by atoms with van der Waals surface area (Å²) in [6, 6.07) is 0.0378. The van der Waals surface area contributed by atoms with Crippen LogP contribution in [0.2, 0.25) is 0 Å². The van der Waals surface area contributed by atoms with Gasteiger partial charge in [-0.05, 0) is 31.7 Å². The van der Waals surface area contributed by atoms with E-state index in [-0.39, 0.29) is 53.8 Å². The zero-order chi connectivity index (χ0) is 23.7. The van der Waals surface area contributed by atoms with Gasteiger partial charge in [0.1, 0.15) is 18.0 Å². The Balaban J connectivity index is 1.55. The minimum Gasteiger partial charge on any atom is -0.390 e. The quantitative estimate of drug-likeness (QED) is 0.611. The van der Waals surface area contributed by atoms with Crippen LogP contribution < -0.4 is 0 Å². The Labute approximate surface area is 202 Å². The van der Waals surface area contributed by atoms with Gasteiger partial charge in [0.05, 0.1) is 37.1 Å². The highest BCUT2D eigenvalue weighted by molar-refractivity contribution is 5.42. The van der Waals surface area contributed by atoms with Crippen LogP contribution in [0.25, 0.3) is 0 Å². The normalized spacial score (nSPS) is 61.1. The number of rotatable bonds is 6. The number of methoxy groups -OCH3 is 4. The van der Waals surface area contributed by atoms with Crippen LogP contribution in [0.1, 0.15) is 32.6 Å². The Morgan fingerprint density at radius 3 is 2.59 bits per heavy atom. The molecule has 8 heteroatoms. The second kappa shape index (κ2) is 7.16. The lowest BCUT2D eigenvalue weighted by Crippen LogP contribution is -2.81. The van der Waals surface area contributed by atoms with Gasteiger partial charge in [-0.2, -0.15) is 0 Å². The van der Waals surface area contributed by atoms with Crippen molar-refractivity contribution in [3.8, 4) is 0 Å². The van der Waals surface area contributed by atoms with E-state index in [1.165, 1.54) is 0 Å². The molecular weight excluding hydrogens is 438 g/mol. The fraction of sp³-hybridized carbons (Fsp3) is 1.00. The van der Waals surface area contributed by atoms with Crippen LogP contribution in [0, 0.1) is 34.5 Å². The molecule has 5 saturated carbocycles. The molecule has 0 aromatic carbocycles. The SMILES string of the molecule is CCN1C[C@]2(COC)CC[C@H](OC)[C@@]34C5C[C@@H]6C(OC)C[C@@]7(OCO[C@@]7([C@@H](O)[C@H]23)[C@@H]14)C5[C@H]6OC. The number of hydrogen-bond acceptors (Lipinski definition) is 8. The summed E-state index contributed by atoms with van der Waals surface area (Å²) in [6.45, 7) is 4.93. The topological polar surface area (TPSA) is 78.9 Å². The van der Waals surface area contributed by atoms with Crippen molar-refractivity contribution < 1.29 is 33.5 Å². The first-order chi connectivity index (χ1) is 16.5. The highest BCUT2D eigenvalue weighted by Crippen LogP contribution is 2.82. The van der Waals surface area contributed by atoms with Gasteiger partial charge >= 0.3 is 0 Å². The molecule has 0 amide bonds. The molecule has 7 fully saturated rings. The Kier molecular flexibility index (Phi) is 4.81. The predicted octanol–water partition coefficient (Wildman–Crippen LogP) is 1.29. The first kappa shape index (κ1) is 22.8. The van der Waals surface area contributed by atoms with Crippen molar-refractivity contribution in [2.45, 2.75) is 74.3 Å². The lowest BCUT2D eigenvalue weighted by Gasteiger charge is -2.70. The average Bonchev–Trinajstić information content (AvgIpc) is 3.42. The Hall–Kier alpha value is -0.320. The van der Waals surface area contributed by atoms with Gasteiger partial charge in [-0.15, -0.1) is 0 Å². The number of hydrogen-bond donors (Lipinski definition) is 1. The molecule has 5 aliphatic carbocycles. The number of ether oxygens (including phenoxy) is 6. The Morgan fingerprint density at radius 1 is 1.09 bits per heavy atom. The zero-order valence-electron chi connectivity index (χ0n) is 21.2. The minimum atomic E-state index is -0.825. The van der Waals surface area contributed by atoms with E-state index in [9.17, 15) is 5.11 Å². The van der Waals surface area contributed by atoms with Crippen LogP contribution >= 0.6 is 0 Å². The third-order valence-electron chi connectivity index (χ3n) is 12.0. The molecule has 13 atom stereocenters. The van der Waals surface area contributed by atoms with E-state index >= 15 is 0 Å². The van der Waals surface area contributed by atoms with E-state index in [1.807, 2.05) is 21.3 Å². The van der Waals surface area contributed by atoms with E-state index in [0.29, 0.717) is 18.4 Å². The lowest BCUT2D eigenvalue weighted by molar-refractivity contribution is -0.287. The van der Waals surface area contributed by atoms with Crippen LogP contribution in [0.3, 0.4) is 0 Å². The summed E-state index contributed by atoms with van der Waals surface area (Å²) >= 11 is 0. The van der Waals surface area contributed by atoms with Crippen LogP contribution in [0.15, 0.2) is 0 Å². The summed E-state index contributed by atoms with van der Waals surface area (Å²) < 4.78 is 38.3. The van der Waals surface area contributed by atoms with Gasteiger partial charge in [0, 0.05) is 70.0 Å². The molecule has 2 aliphatic heterocycles. The van der Waals surface area contributed by atoms with Crippen molar-refractivity contribution in [2.24, 2.45) is 34.5 Å². The molecule has 3 unspecified atom stereocenters. The summed E-state index contributed by atoms with van der Waals surface area (Å²) in [5.74, 6) is 0.813. The highest BCUT2D eigenvalue weighted by atomic mass is 16.7. The number of likely N-dealkylation sites (N-methyl/N-ethyl adjacent to an activating group) is 1. The van der Waals surface area contributed by atoms with Crippen LogP contribution in [-0.4, -0.2) is 107 Å². The van der Waals surface area contributed by atoms with Gasteiger partial charge in [0.25, 0.3) is 0 Å². The number of nitrogens with zero attached hydrogens (tertiary/aromatic N) is 1. The van der Waals surface area contributed by atoms with Crippen molar-refractivity contribution >= 4 is 0 Å². The van der Waals surface area contributed by atoms with Gasteiger partial charge in [-0.25, -0.2) is 0 Å². The van der Waals surface area contributed by atoms with Crippen molar-refractivity contribution in [2.75, 3.05) is 54.9 Å². The molecule has 1 N–H and O–H groups in total.